The Bertz CT molecular complexity index is 615. The molecule has 2 N–H and O–H groups in total. The van der Waals surface area contributed by atoms with E-state index in [1.807, 2.05) is 47.4 Å². The smallest absolute Gasteiger partial charge is 0.240 e. The maximum absolute atomic E-state index is 12.3. The van der Waals surface area contributed by atoms with Crippen LogP contribution < -0.4 is 10.2 Å². The van der Waals surface area contributed by atoms with Gasteiger partial charge in [-0.2, -0.15) is 0 Å². The van der Waals surface area contributed by atoms with E-state index in [4.69, 9.17) is 0 Å². The molecule has 0 spiro atoms. The monoisotopic (exact) mass is 313 g/mol. The number of aromatic nitrogens is 1. The molecule has 5 heteroatoms. The number of hydrogen-bond acceptors (Lipinski definition) is 4. The van der Waals surface area contributed by atoms with Crippen LogP contribution in [0.25, 0.3) is 0 Å². The Kier molecular flexibility index (Phi) is 5.71. The van der Waals surface area contributed by atoms with Crippen molar-refractivity contribution in [3.05, 3.63) is 60.4 Å². The van der Waals surface area contributed by atoms with Crippen LogP contribution in [0.4, 0.5) is 5.69 Å². The third kappa shape index (κ3) is 5.38. The standard InChI is InChI=1S/C18H23N3O2/c1-18(2,14-22)20-17(23)13-21(16-8-4-3-5-9-16)12-15-7-6-10-19-11-15/h3-11,22H,12-14H2,1-2H3,(H,20,23). The molecule has 1 aromatic carbocycles. The minimum Gasteiger partial charge on any atom is -0.394 e. The summed E-state index contributed by atoms with van der Waals surface area (Å²) in [6, 6.07) is 13.6. The Morgan fingerprint density at radius 1 is 1.22 bits per heavy atom. The molecule has 1 aromatic heterocycles. The molecule has 0 bridgehead atoms. The van der Waals surface area contributed by atoms with Crippen molar-refractivity contribution in [1.82, 2.24) is 10.3 Å². The lowest BCUT2D eigenvalue weighted by atomic mass is 10.1. The highest BCUT2D eigenvalue weighted by Gasteiger charge is 2.21. The molecule has 0 aliphatic heterocycles. The van der Waals surface area contributed by atoms with E-state index in [-0.39, 0.29) is 19.1 Å². The van der Waals surface area contributed by atoms with E-state index in [2.05, 4.69) is 10.3 Å². The number of carbonyl (C=O) groups excluding carboxylic acids is 1. The van der Waals surface area contributed by atoms with Crippen LogP contribution in [0.3, 0.4) is 0 Å². The van der Waals surface area contributed by atoms with Crippen molar-refractivity contribution in [3.8, 4) is 0 Å². The Balaban J connectivity index is 2.13. The summed E-state index contributed by atoms with van der Waals surface area (Å²) in [5, 5.41) is 12.1. The number of para-hydroxylation sites is 1. The number of rotatable bonds is 7. The van der Waals surface area contributed by atoms with E-state index in [1.165, 1.54) is 0 Å². The van der Waals surface area contributed by atoms with Gasteiger partial charge in [0, 0.05) is 24.6 Å². The molecule has 2 rings (SSSR count). The highest BCUT2D eigenvalue weighted by Crippen LogP contribution is 2.16. The minimum absolute atomic E-state index is 0.104. The highest BCUT2D eigenvalue weighted by atomic mass is 16.3. The fraction of sp³-hybridized carbons (Fsp3) is 0.333. The van der Waals surface area contributed by atoms with E-state index >= 15 is 0 Å². The first-order valence-corrected chi connectivity index (χ1v) is 7.61. The molecule has 0 radical (unpaired) electrons. The van der Waals surface area contributed by atoms with Gasteiger partial charge in [-0.1, -0.05) is 24.3 Å². The molecular weight excluding hydrogens is 290 g/mol. The number of hydrogen-bond donors (Lipinski definition) is 2. The van der Waals surface area contributed by atoms with Gasteiger partial charge in [-0.3, -0.25) is 9.78 Å². The van der Waals surface area contributed by atoms with Crippen molar-refractivity contribution in [2.75, 3.05) is 18.1 Å². The van der Waals surface area contributed by atoms with Gasteiger partial charge in [0.2, 0.25) is 5.91 Å². The Morgan fingerprint density at radius 2 is 1.96 bits per heavy atom. The van der Waals surface area contributed by atoms with Gasteiger partial charge in [0.1, 0.15) is 0 Å². The van der Waals surface area contributed by atoms with E-state index in [0.717, 1.165) is 11.3 Å². The largest absolute Gasteiger partial charge is 0.394 e. The molecule has 0 aliphatic carbocycles. The SMILES string of the molecule is CC(C)(CO)NC(=O)CN(Cc1cccnc1)c1ccccc1. The van der Waals surface area contributed by atoms with Crippen LogP contribution in [0, 0.1) is 0 Å². The zero-order valence-corrected chi connectivity index (χ0v) is 13.6. The van der Waals surface area contributed by atoms with Gasteiger partial charge < -0.3 is 15.3 Å². The van der Waals surface area contributed by atoms with Crippen molar-refractivity contribution in [1.29, 1.82) is 0 Å². The molecule has 0 aliphatic rings. The molecule has 0 atom stereocenters. The van der Waals surface area contributed by atoms with Crippen LogP contribution in [0.5, 0.6) is 0 Å². The molecule has 0 fully saturated rings. The van der Waals surface area contributed by atoms with E-state index in [0.29, 0.717) is 6.54 Å². The van der Waals surface area contributed by atoms with Gasteiger partial charge in [0.05, 0.1) is 18.7 Å². The van der Waals surface area contributed by atoms with E-state index in [1.54, 1.807) is 26.2 Å². The van der Waals surface area contributed by atoms with Crippen LogP contribution in [0.15, 0.2) is 54.9 Å². The summed E-state index contributed by atoms with van der Waals surface area (Å²) >= 11 is 0. The summed E-state index contributed by atoms with van der Waals surface area (Å²) in [6.45, 7) is 4.28. The van der Waals surface area contributed by atoms with Crippen molar-refractivity contribution < 1.29 is 9.90 Å². The summed E-state index contributed by atoms with van der Waals surface area (Å²) < 4.78 is 0. The number of carbonyl (C=O) groups is 1. The van der Waals surface area contributed by atoms with Crippen LogP contribution in [-0.2, 0) is 11.3 Å². The zero-order valence-electron chi connectivity index (χ0n) is 13.6. The fourth-order valence-corrected chi connectivity index (χ4v) is 2.22. The number of aliphatic hydroxyl groups excluding tert-OH is 1. The lowest BCUT2D eigenvalue weighted by Gasteiger charge is -2.28. The van der Waals surface area contributed by atoms with Crippen molar-refractivity contribution >= 4 is 11.6 Å². The van der Waals surface area contributed by atoms with Gasteiger partial charge in [-0.05, 0) is 37.6 Å². The average Bonchev–Trinajstić information content (AvgIpc) is 2.55. The van der Waals surface area contributed by atoms with Crippen LogP contribution >= 0.6 is 0 Å². The zero-order chi connectivity index (χ0) is 16.7. The molecule has 2 aromatic rings. The number of amides is 1. The summed E-state index contributed by atoms with van der Waals surface area (Å²) in [6.07, 6.45) is 3.53. The number of anilines is 1. The first-order chi connectivity index (χ1) is 11.0. The molecule has 0 saturated heterocycles. The third-order valence-electron chi connectivity index (χ3n) is 3.43. The first-order valence-electron chi connectivity index (χ1n) is 7.61. The molecule has 1 heterocycles. The van der Waals surface area contributed by atoms with Gasteiger partial charge >= 0.3 is 0 Å². The van der Waals surface area contributed by atoms with Crippen molar-refractivity contribution in [3.63, 3.8) is 0 Å². The number of nitrogens with zero attached hydrogens (tertiary/aromatic N) is 2. The van der Waals surface area contributed by atoms with Crippen LogP contribution in [-0.4, -0.2) is 34.7 Å². The second-order valence-corrected chi connectivity index (χ2v) is 6.14. The van der Waals surface area contributed by atoms with Gasteiger partial charge in [0.15, 0.2) is 0 Å². The Hall–Kier alpha value is -2.40. The van der Waals surface area contributed by atoms with Crippen LogP contribution in [0.2, 0.25) is 0 Å². The summed E-state index contributed by atoms with van der Waals surface area (Å²) in [5.74, 6) is -0.128. The minimum atomic E-state index is -0.631. The topological polar surface area (TPSA) is 65.5 Å². The molecule has 0 saturated carbocycles. The lowest BCUT2D eigenvalue weighted by Crippen LogP contribution is -2.49. The summed E-state index contributed by atoms with van der Waals surface area (Å²) in [5.41, 5.74) is 1.37. The Morgan fingerprint density at radius 3 is 2.57 bits per heavy atom. The number of pyridine rings is 1. The molecule has 23 heavy (non-hydrogen) atoms. The number of nitrogens with one attached hydrogen (secondary N) is 1. The summed E-state index contributed by atoms with van der Waals surface area (Å²) in [4.78, 5) is 18.4. The third-order valence-corrected chi connectivity index (χ3v) is 3.43. The number of benzene rings is 1. The molecular formula is C18H23N3O2. The normalized spacial score (nSPS) is 11.1. The highest BCUT2D eigenvalue weighted by molar-refractivity contribution is 5.82. The van der Waals surface area contributed by atoms with Gasteiger partial charge in [-0.25, -0.2) is 0 Å². The van der Waals surface area contributed by atoms with Crippen molar-refractivity contribution in [2.24, 2.45) is 0 Å². The fourth-order valence-electron chi connectivity index (χ4n) is 2.22. The maximum Gasteiger partial charge on any atom is 0.240 e. The second-order valence-electron chi connectivity index (χ2n) is 6.14. The quantitative estimate of drug-likeness (QED) is 0.820. The average molecular weight is 313 g/mol. The van der Waals surface area contributed by atoms with Gasteiger partial charge in [0.25, 0.3) is 0 Å². The molecule has 1 amide bonds. The molecule has 0 unspecified atom stereocenters. The Labute approximate surface area is 137 Å². The lowest BCUT2D eigenvalue weighted by molar-refractivity contribution is -0.121. The first kappa shape index (κ1) is 17.0. The van der Waals surface area contributed by atoms with Crippen LogP contribution in [0.1, 0.15) is 19.4 Å². The second kappa shape index (κ2) is 7.74. The van der Waals surface area contributed by atoms with E-state index < -0.39 is 5.54 Å². The predicted octanol–water partition coefficient (Wildman–Crippen LogP) is 1.98. The molecule has 122 valence electrons. The maximum atomic E-state index is 12.3. The van der Waals surface area contributed by atoms with E-state index in [9.17, 15) is 9.90 Å². The van der Waals surface area contributed by atoms with Crippen molar-refractivity contribution in [2.45, 2.75) is 25.9 Å². The number of aliphatic hydroxyl groups is 1. The predicted molar refractivity (Wildman–Crippen MR) is 91.0 cm³/mol. The molecule has 5 nitrogen and oxygen atoms in total. The summed E-state index contributed by atoms with van der Waals surface area (Å²) in [7, 11) is 0. The van der Waals surface area contributed by atoms with Gasteiger partial charge in [-0.15, -0.1) is 0 Å².